The number of aromatic nitrogens is 1. The molecule has 8 nitrogen and oxygen atoms in total. The van der Waals surface area contributed by atoms with E-state index in [0.29, 0.717) is 22.5 Å². The first-order chi connectivity index (χ1) is 14.9. The minimum Gasteiger partial charge on any atom is -0.507 e. The molecule has 1 aliphatic rings. The van der Waals surface area contributed by atoms with E-state index in [1.165, 1.54) is 30.2 Å². The molecule has 1 fully saturated rings. The average molecular weight is 418 g/mol. The molecule has 1 unspecified atom stereocenters. The highest BCUT2D eigenvalue weighted by atomic mass is 16.5. The van der Waals surface area contributed by atoms with Crippen molar-refractivity contribution in [3.05, 3.63) is 88.7 Å². The SMILES string of the molecule is COC(=O)c1ccc(C2/C(=C(\O)c3ccccc3)C(=O)C(=O)N2c2cc(C)on2)cc1. The summed E-state index contributed by atoms with van der Waals surface area (Å²) < 4.78 is 9.81. The maximum absolute atomic E-state index is 13.0. The quantitative estimate of drug-likeness (QED) is 0.299. The van der Waals surface area contributed by atoms with E-state index in [1.54, 1.807) is 49.4 Å². The van der Waals surface area contributed by atoms with Gasteiger partial charge >= 0.3 is 11.9 Å². The van der Waals surface area contributed by atoms with Gasteiger partial charge < -0.3 is 14.4 Å². The van der Waals surface area contributed by atoms with Crippen LogP contribution in [0.3, 0.4) is 0 Å². The zero-order chi connectivity index (χ0) is 22.1. The van der Waals surface area contributed by atoms with Gasteiger partial charge in [-0.1, -0.05) is 47.6 Å². The van der Waals surface area contributed by atoms with Gasteiger partial charge in [-0.05, 0) is 24.6 Å². The lowest BCUT2D eigenvalue weighted by molar-refractivity contribution is -0.132. The van der Waals surface area contributed by atoms with Crippen molar-refractivity contribution in [2.75, 3.05) is 12.0 Å². The third-order valence-corrected chi connectivity index (χ3v) is 5.00. The Morgan fingerprint density at radius 3 is 2.32 bits per heavy atom. The van der Waals surface area contributed by atoms with Crippen LogP contribution in [-0.2, 0) is 14.3 Å². The first-order valence-corrected chi connectivity index (χ1v) is 9.40. The third-order valence-electron chi connectivity index (χ3n) is 5.00. The van der Waals surface area contributed by atoms with Crippen molar-refractivity contribution in [1.29, 1.82) is 0 Å². The maximum Gasteiger partial charge on any atom is 0.337 e. The molecular formula is C23H18N2O6. The Morgan fingerprint density at radius 1 is 1.06 bits per heavy atom. The number of hydrogen-bond donors (Lipinski definition) is 1. The van der Waals surface area contributed by atoms with Crippen LogP contribution in [0.1, 0.15) is 33.3 Å². The van der Waals surface area contributed by atoms with E-state index < -0.39 is 23.7 Å². The van der Waals surface area contributed by atoms with Crippen LogP contribution < -0.4 is 4.90 Å². The molecule has 8 heteroatoms. The topological polar surface area (TPSA) is 110 Å². The Hall–Kier alpha value is -4.20. The first-order valence-electron chi connectivity index (χ1n) is 9.40. The summed E-state index contributed by atoms with van der Waals surface area (Å²) in [7, 11) is 1.28. The molecular weight excluding hydrogens is 400 g/mol. The van der Waals surface area contributed by atoms with Crippen LogP contribution in [0, 0.1) is 6.92 Å². The zero-order valence-electron chi connectivity index (χ0n) is 16.7. The summed E-state index contributed by atoms with van der Waals surface area (Å²) in [6, 6.07) is 15.3. The van der Waals surface area contributed by atoms with E-state index in [9.17, 15) is 19.5 Å². The number of esters is 1. The number of carbonyl (C=O) groups is 3. The molecule has 0 spiro atoms. The minimum atomic E-state index is -0.962. The Kier molecular flexibility index (Phi) is 5.12. The van der Waals surface area contributed by atoms with Gasteiger partial charge in [-0.2, -0.15) is 0 Å². The predicted molar refractivity (Wildman–Crippen MR) is 110 cm³/mol. The van der Waals surface area contributed by atoms with Crippen molar-refractivity contribution >= 4 is 29.2 Å². The highest BCUT2D eigenvalue weighted by Gasteiger charge is 2.48. The molecule has 0 aliphatic carbocycles. The monoisotopic (exact) mass is 418 g/mol. The number of ether oxygens (including phenoxy) is 1. The molecule has 2 heterocycles. The highest BCUT2D eigenvalue weighted by Crippen LogP contribution is 2.41. The fourth-order valence-electron chi connectivity index (χ4n) is 3.52. The van der Waals surface area contributed by atoms with E-state index in [4.69, 9.17) is 9.26 Å². The standard InChI is InChI=1S/C23H18N2O6/c1-13-12-17(24-31-13)25-19(14-8-10-16(11-9-14)23(29)30-2)18(21(27)22(25)28)20(26)15-6-4-3-5-7-15/h3-12,19,26H,1-2H3/b20-18+. The van der Waals surface area contributed by atoms with Crippen LogP contribution in [0.15, 0.2) is 70.8 Å². The van der Waals surface area contributed by atoms with Crippen molar-refractivity contribution in [3.8, 4) is 0 Å². The lowest BCUT2D eigenvalue weighted by Gasteiger charge is -2.23. The van der Waals surface area contributed by atoms with Gasteiger partial charge in [0.15, 0.2) is 5.82 Å². The number of amides is 1. The number of carbonyl (C=O) groups excluding carboxylic acids is 3. The summed E-state index contributed by atoms with van der Waals surface area (Å²) in [4.78, 5) is 38.9. The van der Waals surface area contributed by atoms with Crippen molar-refractivity contribution in [3.63, 3.8) is 0 Å². The van der Waals surface area contributed by atoms with E-state index in [-0.39, 0.29) is 17.2 Å². The van der Waals surface area contributed by atoms with Gasteiger partial charge in [0.25, 0.3) is 5.78 Å². The summed E-state index contributed by atoms with van der Waals surface area (Å²) >= 11 is 0. The number of anilines is 1. The molecule has 4 rings (SSSR count). The molecule has 1 atom stereocenters. The van der Waals surface area contributed by atoms with E-state index in [2.05, 4.69) is 5.16 Å². The fourth-order valence-corrected chi connectivity index (χ4v) is 3.52. The van der Waals surface area contributed by atoms with Crippen molar-refractivity contribution < 1.29 is 28.8 Å². The number of benzene rings is 2. The van der Waals surface area contributed by atoms with E-state index >= 15 is 0 Å². The summed E-state index contributed by atoms with van der Waals surface area (Å²) in [5, 5.41) is 14.8. The summed E-state index contributed by atoms with van der Waals surface area (Å²) in [5.41, 5.74) is 1.13. The number of aryl methyl sites for hydroxylation is 1. The number of aliphatic hydroxyl groups excluding tert-OH is 1. The molecule has 1 aromatic heterocycles. The molecule has 1 aliphatic heterocycles. The second-order valence-corrected chi connectivity index (χ2v) is 6.94. The fraction of sp³-hybridized carbons (Fsp3) is 0.130. The number of Topliss-reactive ketones (excluding diaryl/α,β-unsaturated/α-hetero) is 1. The molecule has 1 N–H and O–H groups in total. The number of hydrogen-bond acceptors (Lipinski definition) is 7. The Morgan fingerprint density at radius 2 is 1.74 bits per heavy atom. The lowest BCUT2D eigenvalue weighted by atomic mass is 9.94. The number of ketones is 1. The largest absolute Gasteiger partial charge is 0.507 e. The summed E-state index contributed by atoms with van der Waals surface area (Å²) in [6.45, 7) is 1.66. The number of aliphatic hydroxyl groups is 1. The van der Waals surface area contributed by atoms with E-state index in [0.717, 1.165) is 0 Å². The highest BCUT2D eigenvalue weighted by molar-refractivity contribution is 6.51. The van der Waals surface area contributed by atoms with Gasteiger partial charge in [0.2, 0.25) is 0 Å². The van der Waals surface area contributed by atoms with Crippen molar-refractivity contribution in [2.24, 2.45) is 0 Å². The average Bonchev–Trinajstić information content (AvgIpc) is 3.34. The molecule has 1 amide bonds. The molecule has 31 heavy (non-hydrogen) atoms. The second-order valence-electron chi connectivity index (χ2n) is 6.94. The van der Waals surface area contributed by atoms with Gasteiger partial charge in [-0.3, -0.25) is 14.5 Å². The molecule has 0 bridgehead atoms. The lowest BCUT2D eigenvalue weighted by Crippen LogP contribution is -2.29. The number of rotatable bonds is 4. The predicted octanol–water partition coefficient (Wildman–Crippen LogP) is 3.40. The van der Waals surface area contributed by atoms with E-state index in [1.807, 2.05) is 0 Å². The van der Waals surface area contributed by atoms with Crippen LogP contribution in [0.2, 0.25) is 0 Å². The van der Waals surface area contributed by atoms with Gasteiger partial charge in [0.05, 0.1) is 24.3 Å². The van der Waals surface area contributed by atoms with Gasteiger partial charge in [0.1, 0.15) is 11.5 Å². The summed E-state index contributed by atoms with van der Waals surface area (Å²) in [5.74, 6) is -1.90. The van der Waals surface area contributed by atoms with Gasteiger partial charge in [0, 0.05) is 11.6 Å². The molecule has 3 aromatic rings. The first kappa shape index (κ1) is 20.1. The zero-order valence-corrected chi connectivity index (χ0v) is 16.7. The number of methoxy groups -OCH3 is 1. The Labute approximate surface area is 177 Å². The summed E-state index contributed by atoms with van der Waals surface area (Å²) in [6.07, 6.45) is 0. The Bertz CT molecular complexity index is 1190. The molecule has 0 radical (unpaired) electrons. The van der Waals surface area contributed by atoms with Crippen LogP contribution in [0.4, 0.5) is 5.82 Å². The van der Waals surface area contributed by atoms with Crippen molar-refractivity contribution in [1.82, 2.24) is 5.16 Å². The second kappa shape index (κ2) is 7.91. The van der Waals surface area contributed by atoms with Crippen molar-refractivity contribution in [2.45, 2.75) is 13.0 Å². The molecule has 156 valence electrons. The molecule has 1 saturated heterocycles. The third kappa shape index (κ3) is 3.48. The van der Waals surface area contributed by atoms with Crippen LogP contribution in [0.5, 0.6) is 0 Å². The van der Waals surface area contributed by atoms with Gasteiger partial charge in [-0.15, -0.1) is 0 Å². The number of nitrogens with zero attached hydrogens (tertiary/aromatic N) is 2. The smallest absolute Gasteiger partial charge is 0.337 e. The maximum atomic E-state index is 13.0. The normalized spacial score (nSPS) is 17.7. The Balaban J connectivity index is 1.90. The van der Waals surface area contributed by atoms with Crippen LogP contribution in [0.25, 0.3) is 5.76 Å². The van der Waals surface area contributed by atoms with Crippen LogP contribution >= 0.6 is 0 Å². The van der Waals surface area contributed by atoms with Crippen LogP contribution in [-0.4, -0.2) is 35.0 Å². The molecule has 0 saturated carbocycles. The minimum absolute atomic E-state index is 0.0809. The van der Waals surface area contributed by atoms with Gasteiger partial charge in [-0.25, -0.2) is 4.79 Å². The molecule has 2 aromatic carbocycles.